The van der Waals surface area contributed by atoms with Gasteiger partial charge in [-0.05, 0) is 17.7 Å². The lowest BCUT2D eigenvalue weighted by Gasteiger charge is -2.29. The number of anilines is 1. The third kappa shape index (κ3) is 2.79. The maximum Gasteiger partial charge on any atom is 0.305 e. The first kappa shape index (κ1) is 18.8. The van der Waals surface area contributed by atoms with E-state index in [0.717, 1.165) is 26.7 Å². The first-order chi connectivity index (χ1) is 14.5. The number of carbonyl (C=O) groups excluding carboxylic acids is 2. The van der Waals surface area contributed by atoms with Crippen LogP contribution in [0.2, 0.25) is 0 Å². The van der Waals surface area contributed by atoms with Gasteiger partial charge in [0.25, 0.3) is 5.69 Å². The predicted octanol–water partition coefficient (Wildman–Crippen LogP) is 3.14. The van der Waals surface area contributed by atoms with E-state index in [1.807, 2.05) is 30.3 Å². The Bertz CT molecular complexity index is 1240. The second kappa shape index (κ2) is 6.92. The molecule has 2 amide bonds. The van der Waals surface area contributed by atoms with E-state index in [4.69, 9.17) is 0 Å². The van der Waals surface area contributed by atoms with Crippen molar-refractivity contribution in [1.82, 2.24) is 4.98 Å². The molecule has 5 rings (SSSR count). The summed E-state index contributed by atoms with van der Waals surface area (Å²) >= 11 is 2.26. The molecule has 1 aromatic heterocycles. The molecule has 30 heavy (non-hydrogen) atoms. The molecule has 0 bridgehead atoms. The number of non-ortho nitro benzene ring substituents is 1. The lowest BCUT2D eigenvalue weighted by atomic mass is 9.83. The quantitative estimate of drug-likeness (QED) is 0.381. The number of nitro groups is 1. The van der Waals surface area contributed by atoms with Gasteiger partial charge in [-0.3, -0.25) is 24.5 Å². The third-order valence-electron chi connectivity index (χ3n) is 5.30. The number of aromatic nitrogens is 1. The molecule has 2 aliphatic rings. The lowest BCUT2D eigenvalue weighted by Crippen LogP contribution is -2.32. The molecule has 0 saturated carbocycles. The van der Waals surface area contributed by atoms with Gasteiger partial charge in [0.2, 0.25) is 11.8 Å². The van der Waals surface area contributed by atoms with Crippen molar-refractivity contribution in [2.24, 2.45) is 5.92 Å². The number of hydrogen-bond donors (Lipinski definition) is 1. The number of imide groups is 1. The normalized spacial score (nSPS) is 22.7. The number of hydrogen-bond acceptors (Lipinski definition) is 7. The Morgan fingerprint density at radius 3 is 2.33 bits per heavy atom. The maximum absolute atomic E-state index is 13.4. The van der Waals surface area contributed by atoms with Gasteiger partial charge in [-0.25, -0.2) is 4.90 Å². The number of thiazole rings is 1. The smallest absolute Gasteiger partial charge is 0.305 e. The summed E-state index contributed by atoms with van der Waals surface area (Å²) in [6.07, 6.45) is 0. The summed E-state index contributed by atoms with van der Waals surface area (Å²) in [5.41, 5.74) is 1.04. The topological polar surface area (TPSA) is 113 Å². The lowest BCUT2D eigenvalue weighted by molar-refractivity contribution is -0.384. The van der Waals surface area contributed by atoms with Crippen LogP contribution in [-0.2, 0) is 9.59 Å². The molecule has 3 aromatic rings. The monoisotopic (exact) mass is 439 g/mol. The van der Waals surface area contributed by atoms with Crippen molar-refractivity contribution in [3.05, 3.63) is 84.8 Å². The van der Waals surface area contributed by atoms with Gasteiger partial charge >= 0.3 is 4.87 Å². The summed E-state index contributed by atoms with van der Waals surface area (Å²) < 4.78 is 0. The number of nitrogens with zero attached hydrogens (tertiary/aromatic N) is 2. The second-order valence-electron chi connectivity index (χ2n) is 6.95. The minimum absolute atomic E-state index is 0.119. The standard InChI is InChI=1S/C20H13N3O5S2/c24-18-14-13(10-4-2-1-3-5-10)15-17(21-20(26)30-15)29-16(14)19(25)22(18)11-6-8-12(9-7-11)23(27)28/h1-9,13-14,16H,(H,21,26). The zero-order valence-corrected chi connectivity index (χ0v) is 16.8. The highest BCUT2D eigenvalue weighted by Crippen LogP contribution is 2.53. The van der Waals surface area contributed by atoms with Crippen LogP contribution in [0.1, 0.15) is 16.4 Å². The number of benzene rings is 2. The summed E-state index contributed by atoms with van der Waals surface area (Å²) in [7, 11) is 0. The number of nitrogens with one attached hydrogen (secondary N) is 1. The highest BCUT2D eigenvalue weighted by Gasteiger charge is 2.56. The number of thioether (sulfide) groups is 1. The van der Waals surface area contributed by atoms with Crippen LogP contribution in [0.3, 0.4) is 0 Å². The van der Waals surface area contributed by atoms with Crippen molar-refractivity contribution in [3.63, 3.8) is 0 Å². The van der Waals surface area contributed by atoms with Crippen molar-refractivity contribution < 1.29 is 14.5 Å². The Hall–Kier alpha value is -3.24. The number of carbonyl (C=O) groups is 2. The molecule has 3 atom stereocenters. The molecule has 0 radical (unpaired) electrons. The molecular weight excluding hydrogens is 426 g/mol. The van der Waals surface area contributed by atoms with Crippen LogP contribution in [0.15, 0.2) is 64.4 Å². The van der Waals surface area contributed by atoms with E-state index in [0.29, 0.717) is 10.7 Å². The van der Waals surface area contributed by atoms with Crippen molar-refractivity contribution in [2.75, 3.05) is 4.90 Å². The Balaban J connectivity index is 1.61. The fraction of sp³-hybridized carbons (Fsp3) is 0.150. The first-order valence-corrected chi connectivity index (χ1v) is 10.7. The number of rotatable bonds is 3. The van der Waals surface area contributed by atoms with Crippen LogP contribution in [0, 0.1) is 16.0 Å². The van der Waals surface area contributed by atoms with Crippen LogP contribution in [0.25, 0.3) is 0 Å². The van der Waals surface area contributed by atoms with Gasteiger partial charge in [0.05, 0.1) is 21.6 Å². The molecule has 3 heterocycles. The van der Waals surface area contributed by atoms with Gasteiger partial charge in [0.1, 0.15) is 5.25 Å². The van der Waals surface area contributed by atoms with Gasteiger partial charge in [0, 0.05) is 22.9 Å². The third-order valence-corrected chi connectivity index (χ3v) is 7.70. The molecular formula is C20H13N3O5S2. The van der Waals surface area contributed by atoms with Crippen LogP contribution in [0.4, 0.5) is 11.4 Å². The molecule has 150 valence electrons. The summed E-state index contributed by atoms with van der Waals surface area (Å²) in [4.78, 5) is 53.5. The summed E-state index contributed by atoms with van der Waals surface area (Å²) in [5, 5.41) is 10.9. The summed E-state index contributed by atoms with van der Waals surface area (Å²) in [5.74, 6) is -1.84. The van der Waals surface area contributed by atoms with E-state index in [2.05, 4.69) is 4.98 Å². The number of aromatic amines is 1. The molecule has 3 unspecified atom stereocenters. The molecule has 2 aromatic carbocycles. The Morgan fingerprint density at radius 1 is 0.967 bits per heavy atom. The zero-order chi connectivity index (χ0) is 21.0. The number of nitro benzene ring substituents is 1. The fourth-order valence-electron chi connectivity index (χ4n) is 4.01. The second-order valence-corrected chi connectivity index (χ2v) is 9.11. The van der Waals surface area contributed by atoms with Crippen LogP contribution in [-0.4, -0.2) is 27.0 Å². The molecule has 1 fully saturated rings. The van der Waals surface area contributed by atoms with Gasteiger partial charge < -0.3 is 4.98 Å². The van der Waals surface area contributed by atoms with Crippen molar-refractivity contribution in [3.8, 4) is 0 Å². The first-order valence-electron chi connectivity index (χ1n) is 9.02. The van der Waals surface area contributed by atoms with Gasteiger partial charge in [-0.1, -0.05) is 53.4 Å². The van der Waals surface area contributed by atoms with Crippen LogP contribution in [0.5, 0.6) is 0 Å². The average molecular weight is 439 g/mol. The zero-order valence-electron chi connectivity index (χ0n) is 15.2. The average Bonchev–Trinajstić information content (AvgIpc) is 3.23. The molecule has 10 heteroatoms. The molecule has 0 aliphatic carbocycles. The minimum Gasteiger partial charge on any atom is -0.307 e. The highest BCUT2D eigenvalue weighted by molar-refractivity contribution is 8.00. The Kier molecular flexibility index (Phi) is 4.33. The highest BCUT2D eigenvalue weighted by atomic mass is 32.2. The van der Waals surface area contributed by atoms with E-state index in [9.17, 15) is 24.5 Å². The SMILES string of the molecule is O=C1C2Sc3[nH]c(=O)sc3C(c3ccccc3)C2C(=O)N1c1ccc([N+](=O)[O-])cc1. The summed E-state index contributed by atoms with van der Waals surface area (Å²) in [6, 6.07) is 14.7. The predicted molar refractivity (Wildman–Crippen MR) is 112 cm³/mol. The molecule has 1 saturated heterocycles. The van der Waals surface area contributed by atoms with Crippen molar-refractivity contribution >= 4 is 46.3 Å². The maximum atomic E-state index is 13.4. The van der Waals surface area contributed by atoms with Crippen LogP contribution >= 0.6 is 23.1 Å². The Labute approximate surface area is 177 Å². The van der Waals surface area contributed by atoms with Gasteiger partial charge in [0.15, 0.2) is 0 Å². The van der Waals surface area contributed by atoms with Gasteiger partial charge in [-0.15, -0.1) is 0 Å². The number of amides is 2. The molecule has 2 aliphatic heterocycles. The van der Waals surface area contributed by atoms with Crippen molar-refractivity contribution in [2.45, 2.75) is 16.2 Å². The van der Waals surface area contributed by atoms with E-state index in [-0.39, 0.29) is 22.4 Å². The van der Waals surface area contributed by atoms with Crippen molar-refractivity contribution in [1.29, 1.82) is 0 Å². The van der Waals surface area contributed by atoms with E-state index >= 15 is 0 Å². The number of fused-ring (bicyclic) bond motifs is 2. The van der Waals surface area contributed by atoms with Crippen LogP contribution < -0.4 is 9.77 Å². The molecule has 1 N–H and O–H groups in total. The molecule has 8 nitrogen and oxygen atoms in total. The van der Waals surface area contributed by atoms with Gasteiger partial charge in [-0.2, -0.15) is 0 Å². The van der Waals surface area contributed by atoms with E-state index in [1.165, 1.54) is 36.0 Å². The molecule has 0 spiro atoms. The van der Waals surface area contributed by atoms with E-state index < -0.39 is 22.0 Å². The fourth-order valence-corrected chi connectivity index (χ4v) is 6.53. The Morgan fingerprint density at radius 2 is 1.67 bits per heavy atom. The largest absolute Gasteiger partial charge is 0.307 e. The minimum atomic E-state index is -0.685. The summed E-state index contributed by atoms with van der Waals surface area (Å²) in [6.45, 7) is 0. The number of H-pyrrole nitrogens is 1. The van der Waals surface area contributed by atoms with E-state index in [1.54, 1.807) is 0 Å².